The Labute approximate surface area is 161 Å². The van der Waals surface area contributed by atoms with E-state index in [9.17, 15) is 4.79 Å². The van der Waals surface area contributed by atoms with Gasteiger partial charge in [0.25, 0.3) is 5.97 Å². The fourth-order valence-electron chi connectivity index (χ4n) is 5.96. The standard InChI is InChI=1S/C23H38O2Si/c1-16(2)17-9-11-19-18(15-17)10-12-20-22(19,3)13-8-14-23(20,4)21(24)25-26(5,6)7/h15-16,20H,8-14H2,1-7H3/t20?,22-,23-/m1/s1. The summed E-state index contributed by atoms with van der Waals surface area (Å²) in [6, 6.07) is 0. The molecule has 0 aliphatic heterocycles. The molecule has 0 radical (unpaired) electrons. The normalized spacial score (nSPS) is 34.9. The van der Waals surface area contributed by atoms with Gasteiger partial charge in [-0.2, -0.15) is 0 Å². The van der Waals surface area contributed by atoms with Crippen molar-refractivity contribution in [1.29, 1.82) is 0 Å². The van der Waals surface area contributed by atoms with Crippen molar-refractivity contribution in [3.05, 3.63) is 22.8 Å². The first kappa shape index (κ1) is 19.9. The van der Waals surface area contributed by atoms with E-state index in [2.05, 4.69) is 53.4 Å². The first-order valence-electron chi connectivity index (χ1n) is 10.6. The Morgan fingerprint density at radius 3 is 2.46 bits per heavy atom. The van der Waals surface area contributed by atoms with Crippen LogP contribution in [0.25, 0.3) is 0 Å². The monoisotopic (exact) mass is 374 g/mol. The van der Waals surface area contributed by atoms with Gasteiger partial charge in [-0.25, -0.2) is 0 Å². The van der Waals surface area contributed by atoms with E-state index < -0.39 is 8.32 Å². The van der Waals surface area contributed by atoms with Crippen LogP contribution in [0.2, 0.25) is 19.6 Å². The van der Waals surface area contributed by atoms with E-state index in [0.717, 1.165) is 25.7 Å². The lowest BCUT2D eigenvalue weighted by molar-refractivity contribution is -0.157. The fourth-order valence-corrected chi connectivity index (χ4v) is 6.74. The maximum absolute atomic E-state index is 13.2. The average molecular weight is 375 g/mol. The third-order valence-corrected chi connectivity index (χ3v) is 8.14. The third kappa shape index (κ3) is 3.36. The highest BCUT2D eigenvalue weighted by molar-refractivity contribution is 6.71. The van der Waals surface area contributed by atoms with Crippen LogP contribution in [0.1, 0.15) is 72.6 Å². The van der Waals surface area contributed by atoms with Gasteiger partial charge in [-0.05, 0) is 87.9 Å². The van der Waals surface area contributed by atoms with Crippen LogP contribution in [0, 0.1) is 22.7 Å². The van der Waals surface area contributed by atoms with Gasteiger partial charge in [0.15, 0.2) is 0 Å². The highest BCUT2D eigenvalue weighted by atomic mass is 28.4. The second-order valence-electron chi connectivity index (χ2n) is 10.7. The summed E-state index contributed by atoms with van der Waals surface area (Å²) in [6.07, 6.45) is 10.6. The van der Waals surface area contributed by atoms with Gasteiger partial charge in [0.1, 0.15) is 0 Å². The largest absolute Gasteiger partial charge is 0.519 e. The predicted molar refractivity (Wildman–Crippen MR) is 111 cm³/mol. The van der Waals surface area contributed by atoms with Crippen LogP contribution >= 0.6 is 0 Å². The molecule has 26 heavy (non-hydrogen) atoms. The average Bonchev–Trinajstić information content (AvgIpc) is 2.52. The Morgan fingerprint density at radius 1 is 1.15 bits per heavy atom. The van der Waals surface area contributed by atoms with Crippen molar-refractivity contribution in [2.75, 3.05) is 0 Å². The van der Waals surface area contributed by atoms with Gasteiger partial charge in [-0.15, -0.1) is 0 Å². The van der Waals surface area contributed by atoms with Crippen LogP contribution in [0.15, 0.2) is 22.8 Å². The topological polar surface area (TPSA) is 26.3 Å². The van der Waals surface area contributed by atoms with Gasteiger partial charge >= 0.3 is 0 Å². The molecule has 0 heterocycles. The predicted octanol–water partition coefficient (Wildman–Crippen LogP) is 6.64. The minimum absolute atomic E-state index is 0.0888. The molecule has 0 aromatic heterocycles. The molecule has 0 amide bonds. The van der Waals surface area contributed by atoms with Crippen LogP contribution in [-0.4, -0.2) is 14.3 Å². The van der Waals surface area contributed by atoms with E-state index in [1.54, 1.807) is 16.7 Å². The van der Waals surface area contributed by atoms with Gasteiger partial charge in [-0.1, -0.05) is 44.4 Å². The van der Waals surface area contributed by atoms with Crippen molar-refractivity contribution < 1.29 is 9.22 Å². The molecule has 0 aromatic rings. The van der Waals surface area contributed by atoms with Gasteiger partial charge < -0.3 is 4.43 Å². The summed E-state index contributed by atoms with van der Waals surface area (Å²) >= 11 is 0. The molecular formula is C23H38O2Si. The van der Waals surface area contributed by atoms with E-state index in [-0.39, 0.29) is 16.8 Å². The number of hydrogen-bond donors (Lipinski definition) is 0. The first-order valence-corrected chi connectivity index (χ1v) is 14.0. The lowest BCUT2D eigenvalue weighted by atomic mass is 9.48. The Balaban J connectivity index is 1.96. The Morgan fingerprint density at radius 2 is 1.85 bits per heavy atom. The molecule has 0 bridgehead atoms. The molecule has 0 N–H and O–H groups in total. The number of fused-ring (bicyclic) bond motifs is 2. The maximum atomic E-state index is 13.2. The summed E-state index contributed by atoms with van der Waals surface area (Å²) in [4.78, 5) is 13.2. The first-order chi connectivity index (χ1) is 12.0. The van der Waals surface area contributed by atoms with Gasteiger partial charge in [0, 0.05) is 0 Å². The zero-order valence-electron chi connectivity index (χ0n) is 18.0. The molecule has 1 fully saturated rings. The van der Waals surface area contributed by atoms with Gasteiger partial charge in [0.2, 0.25) is 8.32 Å². The number of rotatable bonds is 3. The quantitative estimate of drug-likeness (QED) is 0.517. The number of carbonyl (C=O) groups is 1. The van der Waals surface area contributed by atoms with Crippen LogP contribution in [0.5, 0.6) is 0 Å². The van der Waals surface area contributed by atoms with Gasteiger partial charge in [0.05, 0.1) is 5.41 Å². The van der Waals surface area contributed by atoms with E-state index in [1.165, 1.54) is 19.3 Å². The van der Waals surface area contributed by atoms with Crippen LogP contribution in [0.3, 0.4) is 0 Å². The molecule has 1 unspecified atom stereocenters. The molecular weight excluding hydrogens is 336 g/mol. The summed E-state index contributed by atoms with van der Waals surface area (Å²) in [5, 5.41) is 0. The second kappa shape index (κ2) is 6.65. The van der Waals surface area contributed by atoms with Crippen molar-refractivity contribution >= 4 is 14.3 Å². The van der Waals surface area contributed by atoms with Gasteiger partial charge in [-0.3, -0.25) is 4.79 Å². The zero-order valence-corrected chi connectivity index (χ0v) is 19.0. The molecule has 3 heteroatoms. The van der Waals surface area contributed by atoms with E-state index in [4.69, 9.17) is 4.43 Å². The smallest absolute Gasteiger partial charge is 0.298 e. The van der Waals surface area contributed by atoms with Crippen LogP contribution in [-0.2, 0) is 9.22 Å². The molecule has 3 aliphatic rings. The molecule has 0 saturated heterocycles. The summed E-state index contributed by atoms with van der Waals surface area (Å²) in [5.74, 6) is 1.17. The SMILES string of the molecule is CC(C)C1=CC2=C(CC1)[C@@]1(C)CCC[C@@](C)(C(=O)O[Si](C)(C)C)C1CC2. The Hall–Kier alpha value is -0.833. The van der Waals surface area contributed by atoms with Crippen LogP contribution in [0.4, 0.5) is 0 Å². The minimum Gasteiger partial charge on any atom is -0.519 e. The molecule has 1 saturated carbocycles. The van der Waals surface area contributed by atoms with E-state index in [1.807, 2.05) is 0 Å². The van der Waals surface area contributed by atoms with Crippen molar-refractivity contribution in [3.8, 4) is 0 Å². The number of allylic oxidation sites excluding steroid dienone is 4. The molecule has 3 aliphatic carbocycles. The lowest BCUT2D eigenvalue weighted by Gasteiger charge is -2.56. The Bertz CT molecular complexity index is 652. The zero-order chi connectivity index (χ0) is 19.3. The van der Waals surface area contributed by atoms with Crippen molar-refractivity contribution in [1.82, 2.24) is 0 Å². The number of hydrogen-bond acceptors (Lipinski definition) is 2. The second-order valence-corrected chi connectivity index (χ2v) is 15.1. The molecule has 0 spiro atoms. The van der Waals surface area contributed by atoms with Crippen molar-refractivity contribution in [3.63, 3.8) is 0 Å². The molecule has 3 rings (SSSR count). The van der Waals surface area contributed by atoms with Crippen molar-refractivity contribution in [2.45, 2.75) is 92.3 Å². The highest BCUT2D eigenvalue weighted by Gasteiger charge is 2.56. The lowest BCUT2D eigenvalue weighted by Crippen LogP contribution is -2.52. The Kier molecular flexibility index (Phi) is 5.09. The molecule has 0 aromatic carbocycles. The molecule has 3 atom stereocenters. The minimum atomic E-state index is -1.86. The summed E-state index contributed by atoms with van der Waals surface area (Å²) < 4.78 is 6.03. The third-order valence-electron chi connectivity index (χ3n) is 7.34. The van der Waals surface area contributed by atoms with E-state index >= 15 is 0 Å². The maximum Gasteiger partial charge on any atom is 0.298 e. The fraction of sp³-hybridized carbons (Fsp3) is 0.783. The van der Waals surface area contributed by atoms with Crippen LogP contribution < -0.4 is 0 Å². The summed E-state index contributed by atoms with van der Waals surface area (Å²) in [7, 11) is -1.86. The molecule has 146 valence electrons. The van der Waals surface area contributed by atoms with Crippen molar-refractivity contribution in [2.24, 2.45) is 22.7 Å². The number of carbonyl (C=O) groups excluding carboxylic acids is 1. The highest BCUT2D eigenvalue weighted by Crippen LogP contribution is 2.62. The summed E-state index contributed by atoms with van der Waals surface area (Å²) in [6.45, 7) is 15.7. The van der Waals surface area contributed by atoms with E-state index in [0.29, 0.717) is 11.8 Å². The molecule has 2 nitrogen and oxygen atoms in total. The summed E-state index contributed by atoms with van der Waals surface area (Å²) in [5.41, 5.74) is 4.75.